The molecule has 2 aromatic rings. The number of hydrogen-bond acceptors (Lipinski definition) is 6. The summed E-state index contributed by atoms with van der Waals surface area (Å²) in [6.07, 6.45) is 3.61. The number of amides is 1. The van der Waals surface area contributed by atoms with Gasteiger partial charge in [0.15, 0.2) is 0 Å². The number of ether oxygens (including phenoxy) is 1. The molecule has 3 heterocycles. The molecule has 0 aromatic carbocycles. The van der Waals surface area contributed by atoms with Gasteiger partial charge in [-0.2, -0.15) is 4.98 Å². The van der Waals surface area contributed by atoms with Crippen LogP contribution >= 0.6 is 0 Å². The first-order valence-corrected chi connectivity index (χ1v) is 8.25. The molecule has 1 aliphatic rings. The summed E-state index contributed by atoms with van der Waals surface area (Å²) in [6.45, 7) is 6.92. The van der Waals surface area contributed by atoms with E-state index in [2.05, 4.69) is 15.1 Å². The van der Waals surface area contributed by atoms with Crippen LogP contribution in [-0.4, -0.2) is 45.1 Å². The van der Waals surface area contributed by atoms with Gasteiger partial charge < -0.3 is 14.2 Å². The SMILES string of the molecule is CC(=O)N1CCCC(c2nc(-c3ccnc(OC(C)C)c3)no2)C1. The van der Waals surface area contributed by atoms with E-state index >= 15 is 0 Å². The number of nitrogens with zero attached hydrogens (tertiary/aromatic N) is 4. The highest BCUT2D eigenvalue weighted by Gasteiger charge is 2.27. The zero-order valence-corrected chi connectivity index (χ0v) is 14.2. The lowest BCUT2D eigenvalue weighted by Crippen LogP contribution is -2.37. The minimum atomic E-state index is 0.0494. The van der Waals surface area contributed by atoms with Gasteiger partial charge in [-0.15, -0.1) is 0 Å². The highest BCUT2D eigenvalue weighted by Crippen LogP contribution is 2.28. The van der Waals surface area contributed by atoms with E-state index in [0.717, 1.165) is 24.9 Å². The third-order valence-electron chi connectivity index (χ3n) is 4.01. The van der Waals surface area contributed by atoms with Gasteiger partial charge in [0.1, 0.15) is 0 Å². The fraction of sp³-hybridized carbons (Fsp3) is 0.529. The van der Waals surface area contributed by atoms with Crippen LogP contribution in [0.25, 0.3) is 11.4 Å². The molecule has 7 nitrogen and oxygen atoms in total. The molecule has 0 aliphatic carbocycles. The molecule has 0 saturated carbocycles. The molecule has 3 rings (SSSR count). The number of piperidine rings is 1. The number of aromatic nitrogens is 3. The van der Waals surface area contributed by atoms with E-state index in [-0.39, 0.29) is 17.9 Å². The van der Waals surface area contributed by atoms with Crippen LogP contribution in [0.4, 0.5) is 0 Å². The number of pyridine rings is 1. The van der Waals surface area contributed by atoms with E-state index < -0.39 is 0 Å². The molecule has 1 saturated heterocycles. The van der Waals surface area contributed by atoms with Crippen molar-refractivity contribution >= 4 is 5.91 Å². The van der Waals surface area contributed by atoms with E-state index in [1.807, 2.05) is 24.8 Å². The maximum absolute atomic E-state index is 11.6. The average molecular weight is 330 g/mol. The third kappa shape index (κ3) is 3.72. The molecule has 7 heteroatoms. The number of carbonyl (C=O) groups excluding carboxylic acids is 1. The first-order chi connectivity index (χ1) is 11.5. The fourth-order valence-corrected chi connectivity index (χ4v) is 2.84. The Morgan fingerprint density at radius 2 is 2.29 bits per heavy atom. The van der Waals surface area contributed by atoms with Crippen molar-refractivity contribution in [2.24, 2.45) is 0 Å². The van der Waals surface area contributed by atoms with Crippen LogP contribution in [0.5, 0.6) is 5.88 Å². The normalized spacial score (nSPS) is 18.0. The maximum Gasteiger partial charge on any atom is 0.231 e. The van der Waals surface area contributed by atoms with Crippen LogP contribution in [0, 0.1) is 0 Å². The molecule has 1 amide bonds. The van der Waals surface area contributed by atoms with E-state index in [0.29, 0.717) is 24.1 Å². The summed E-state index contributed by atoms with van der Waals surface area (Å²) < 4.78 is 11.0. The predicted octanol–water partition coefficient (Wildman–Crippen LogP) is 2.64. The molecule has 2 aromatic heterocycles. The summed E-state index contributed by atoms with van der Waals surface area (Å²) in [5, 5.41) is 4.08. The molecule has 0 bridgehead atoms. The molecule has 0 spiro atoms. The molecule has 0 N–H and O–H groups in total. The number of hydrogen-bond donors (Lipinski definition) is 0. The topological polar surface area (TPSA) is 81.4 Å². The lowest BCUT2D eigenvalue weighted by molar-refractivity contribution is -0.130. The van der Waals surface area contributed by atoms with Gasteiger partial charge in [0, 0.05) is 37.8 Å². The Labute approximate surface area is 141 Å². The van der Waals surface area contributed by atoms with E-state index in [1.165, 1.54) is 0 Å². The van der Waals surface area contributed by atoms with Gasteiger partial charge in [0.25, 0.3) is 0 Å². The number of carbonyl (C=O) groups is 1. The van der Waals surface area contributed by atoms with Crippen LogP contribution in [0.2, 0.25) is 0 Å². The third-order valence-corrected chi connectivity index (χ3v) is 4.01. The van der Waals surface area contributed by atoms with E-state index in [9.17, 15) is 4.79 Å². The molecule has 1 fully saturated rings. The van der Waals surface area contributed by atoms with Crippen LogP contribution in [0.1, 0.15) is 45.4 Å². The van der Waals surface area contributed by atoms with Gasteiger partial charge in [0.05, 0.1) is 12.0 Å². The quantitative estimate of drug-likeness (QED) is 0.857. The zero-order chi connectivity index (χ0) is 17.1. The Hall–Kier alpha value is -2.44. The fourth-order valence-electron chi connectivity index (χ4n) is 2.84. The minimum absolute atomic E-state index is 0.0494. The predicted molar refractivity (Wildman–Crippen MR) is 87.5 cm³/mol. The first kappa shape index (κ1) is 16.4. The standard InChI is InChI=1S/C17H22N4O3/c1-11(2)23-15-9-13(6-7-18-15)16-19-17(24-20-16)14-5-4-8-21(10-14)12(3)22/h6-7,9,11,14H,4-5,8,10H2,1-3H3. The maximum atomic E-state index is 11.6. The van der Waals surface area contributed by atoms with Gasteiger partial charge in [-0.25, -0.2) is 4.98 Å². The van der Waals surface area contributed by atoms with Gasteiger partial charge in [-0.3, -0.25) is 4.79 Å². The van der Waals surface area contributed by atoms with Crippen LogP contribution in [0.15, 0.2) is 22.9 Å². The van der Waals surface area contributed by atoms with Gasteiger partial charge in [-0.1, -0.05) is 5.16 Å². The average Bonchev–Trinajstić information content (AvgIpc) is 3.04. The lowest BCUT2D eigenvalue weighted by atomic mass is 9.98. The van der Waals surface area contributed by atoms with Crippen molar-refractivity contribution in [3.63, 3.8) is 0 Å². The van der Waals surface area contributed by atoms with Crippen molar-refractivity contribution in [3.8, 4) is 17.3 Å². The first-order valence-electron chi connectivity index (χ1n) is 8.25. The summed E-state index contributed by atoms with van der Waals surface area (Å²) in [7, 11) is 0. The Morgan fingerprint density at radius 3 is 3.04 bits per heavy atom. The molecule has 1 unspecified atom stereocenters. The minimum Gasteiger partial charge on any atom is -0.475 e. The van der Waals surface area contributed by atoms with Crippen LogP contribution < -0.4 is 4.74 Å². The second-order valence-electron chi connectivity index (χ2n) is 6.31. The van der Waals surface area contributed by atoms with Crippen LogP contribution in [0.3, 0.4) is 0 Å². The largest absolute Gasteiger partial charge is 0.475 e. The lowest BCUT2D eigenvalue weighted by Gasteiger charge is -2.29. The van der Waals surface area contributed by atoms with Crippen molar-refractivity contribution in [1.29, 1.82) is 0 Å². The highest BCUT2D eigenvalue weighted by atomic mass is 16.5. The van der Waals surface area contributed by atoms with Crippen molar-refractivity contribution in [2.45, 2.75) is 45.6 Å². The summed E-state index contributed by atoms with van der Waals surface area (Å²) in [5.41, 5.74) is 0.801. The summed E-state index contributed by atoms with van der Waals surface area (Å²) in [4.78, 5) is 22.1. The number of rotatable bonds is 4. The Balaban J connectivity index is 1.77. The summed E-state index contributed by atoms with van der Waals surface area (Å²) in [5.74, 6) is 1.82. The van der Waals surface area contributed by atoms with Gasteiger partial charge in [-0.05, 0) is 32.8 Å². The van der Waals surface area contributed by atoms with Gasteiger partial charge >= 0.3 is 0 Å². The molecule has 128 valence electrons. The van der Waals surface area contributed by atoms with Crippen LogP contribution in [-0.2, 0) is 4.79 Å². The highest BCUT2D eigenvalue weighted by molar-refractivity contribution is 5.73. The second kappa shape index (κ2) is 6.98. The van der Waals surface area contributed by atoms with Crippen molar-refractivity contribution in [3.05, 3.63) is 24.2 Å². The van der Waals surface area contributed by atoms with Crippen molar-refractivity contribution in [2.75, 3.05) is 13.1 Å². The van der Waals surface area contributed by atoms with E-state index in [1.54, 1.807) is 19.2 Å². The monoisotopic (exact) mass is 330 g/mol. The Morgan fingerprint density at radius 1 is 1.46 bits per heavy atom. The number of likely N-dealkylation sites (tertiary alicyclic amines) is 1. The second-order valence-corrected chi connectivity index (χ2v) is 6.31. The Kier molecular flexibility index (Phi) is 4.78. The van der Waals surface area contributed by atoms with Crippen molar-refractivity contribution < 1.29 is 14.1 Å². The molecule has 1 aliphatic heterocycles. The van der Waals surface area contributed by atoms with E-state index in [4.69, 9.17) is 9.26 Å². The smallest absolute Gasteiger partial charge is 0.231 e. The van der Waals surface area contributed by atoms with Gasteiger partial charge in [0.2, 0.25) is 23.5 Å². The Bertz CT molecular complexity index is 713. The molecule has 0 radical (unpaired) electrons. The van der Waals surface area contributed by atoms with Crippen molar-refractivity contribution in [1.82, 2.24) is 20.0 Å². The summed E-state index contributed by atoms with van der Waals surface area (Å²) >= 11 is 0. The molecule has 24 heavy (non-hydrogen) atoms. The molecular formula is C17H22N4O3. The summed E-state index contributed by atoms with van der Waals surface area (Å²) in [6, 6.07) is 3.63. The zero-order valence-electron chi connectivity index (χ0n) is 14.2. The molecular weight excluding hydrogens is 308 g/mol. The molecule has 1 atom stereocenters.